The minimum Gasteiger partial charge on any atom is -0.280 e. The molecule has 7 heteroatoms. The summed E-state index contributed by atoms with van der Waals surface area (Å²) in [4.78, 5) is 0. The number of hydrogen-bond acceptors (Lipinski definition) is 2. The Balaban J connectivity index is 2.94. The van der Waals surface area contributed by atoms with E-state index in [-0.39, 0.29) is 28.8 Å². The maximum atomic E-state index is 13.5. The fourth-order valence-corrected chi connectivity index (χ4v) is 3.03. The molecule has 1 rings (SSSR count). The standard InChI is InChI=1S/C11H14ClF2NO2S/c1-7(5-12)6-18(16,17)15-11-4-9(13)8(2)3-10(11)14/h3-4,7,15H,5-6H2,1-2H3. The lowest BCUT2D eigenvalue weighted by molar-refractivity contribution is 0.583. The number of anilines is 1. The Kier molecular flexibility index (Phi) is 4.92. The zero-order chi connectivity index (χ0) is 13.9. The summed E-state index contributed by atoms with van der Waals surface area (Å²) in [5.41, 5.74) is -0.274. The van der Waals surface area contributed by atoms with Gasteiger partial charge in [0.2, 0.25) is 10.0 Å². The average Bonchev–Trinajstić information content (AvgIpc) is 2.24. The van der Waals surface area contributed by atoms with Crippen LogP contribution in [-0.2, 0) is 10.0 Å². The lowest BCUT2D eigenvalue weighted by Gasteiger charge is -2.12. The molecule has 1 atom stereocenters. The van der Waals surface area contributed by atoms with Crippen LogP contribution in [0.2, 0.25) is 0 Å². The molecule has 0 aliphatic carbocycles. The van der Waals surface area contributed by atoms with E-state index < -0.39 is 21.7 Å². The Bertz CT molecular complexity index is 534. The van der Waals surface area contributed by atoms with E-state index in [1.54, 1.807) is 6.92 Å². The third kappa shape index (κ3) is 4.10. The van der Waals surface area contributed by atoms with Crippen molar-refractivity contribution in [2.45, 2.75) is 13.8 Å². The highest BCUT2D eigenvalue weighted by Gasteiger charge is 2.18. The van der Waals surface area contributed by atoms with Crippen molar-refractivity contribution in [2.24, 2.45) is 5.92 Å². The normalized spacial score (nSPS) is 13.4. The number of benzene rings is 1. The van der Waals surface area contributed by atoms with Crippen LogP contribution in [0, 0.1) is 24.5 Å². The van der Waals surface area contributed by atoms with Crippen LogP contribution < -0.4 is 4.72 Å². The molecule has 0 fully saturated rings. The van der Waals surface area contributed by atoms with Gasteiger partial charge in [-0.25, -0.2) is 17.2 Å². The molecule has 102 valence electrons. The molecule has 1 aromatic rings. The zero-order valence-corrected chi connectivity index (χ0v) is 11.6. The van der Waals surface area contributed by atoms with Gasteiger partial charge in [-0.1, -0.05) is 6.92 Å². The zero-order valence-electron chi connectivity index (χ0n) is 10.0. The van der Waals surface area contributed by atoms with Crippen molar-refractivity contribution < 1.29 is 17.2 Å². The first-order valence-corrected chi connectivity index (χ1v) is 7.46. The van der Waals surface area contributed by atoms with Crippen molar-refractivity contribution in [3.05, 3.63) is 29.3 Å². The number of hydrogen-bond donors (Lipinski definition) is 1. The second-order valence-corrected chi connectivity index (χ2v) is 6.30. The Morgan fingerprint density at radius 1 is 1.33 bits per heavy atom. The predicted octanol–water partition coefficient (Wildman–Crippen LogP) is 2.89. The maximum absolute atomic E-state index is 13.5. The highest BCUT2D eigenvalue weighted by Crippen LogP contribution is 2.20. The molecule has 3 nitrogen and oxygen atoms in total. The fourth-order valence-electron chi connectivity index (χ4n) is 1.35. The molecule has 0 aliphatic rings. The van der Waals surface area contributed by atoms with Crippen LogP contribution in [0.5, 0.6) is 0 Å². The molecular formula is C11H14ClF2NO2S. The van der Waals surface area contributed by atoms with Gasteiger partial charge in [-0.15, -0.1) is 11.6 Å². The van der Waals surface area contributed by atoms with Crippen molar-refractivity contribution >= 4 is 27.3 Å². The molecular weight excluding hydrogens is 284 g/mol. The van der Waals surface area contributed by atoms with Crippen molar-refractivity contribution in [3.8, 4) is 0 Å². The van der Waals surface area contributed by atoms with Gasteiger partial charge in [0.25, 0.3) is 0 Å². The first-order valence-electron chi connectivity index (χ1n) is 5.27. The largest absolute Gasteiger partial charge is 0.280 e. The minimum absolute atomic E-state index is 0.115. The first-order chi connectivity index (χ1) is 8.25. The topological polar surface area (TPSA) is 46.2 Å². The molecule has 0 heterocycles. The van der Waals surface area contributed by atoms with Crippen LogP contribution in [0.4, 0.5) is 14.5 Å². The summed E-state index contributed by atoms with van der Waals surface area (Å²) >= 11 is 5.51. The summed E-state index contributed by atoms with van der Waals surface area (Å²) < 4.78 is 52.0. The second kappa shape index (κ2) is 5.84. The molecule has 1 unspecified atom stereocenters. The first kappa shape index (κ1) is 15.2. The minimum atomic E-state index is -3.74. The number of alkyl halides is 1. The summed E-state index contributed by atoms with van der Waals surface area (Å²) in [6, 6.07) is 1.77. The van der Waals surface area contributed by atoms with Crippen LogP contribution in [0.3, 0.4) is 0 Å². The van der Waals surface area contributed by atoms with Crippen LogP contribution in [0.15, 0.2) is 12.1 Å². The van der Waals surface area contributed by atoms with Gasteiger partial charge in [0.15, 0.2) is 0 Å². The Labute approximate surface area is 110 Å². The van der Waals surface area contributed by atoms with Crippen molar-refractivity contribution in [2.75, 3.05) is 16.4 Å². The van der Waals surface area contributed by atoms with Gasteiger partial charge in [0.05, 0.1) is 11.4 Å². The van der Waals surface area contributed by atoms with E-state index in [0.717, 1.165) is 12.1 Å². The van der Waals surface area contributed by atoms with E-state index in [4.69, 9.17) is 11.6 Å². The molecule has 0 spiro atoms. The van der Waals surface area contributed by atoms with E-state index in [0.29, 0.717) is 0 Å². The fraction of sp³-hybridized carbons (Fsp3) is 0.455. The molecule has 1 N–H and O–H groups in total. The third-order valence-electron chi connectivity index (χ3n) is 2.28. The van der Waals surface area contributed by atoms with Crippen molar-refractivity contribution in [1.29, 1.82) is 0 Å². The molecule has 0 saturated carbocycles. The highest BCUT2D eigenvalue weighted by atomic mass is 35.5. The molecule has 0 saturated heterocycles. The van der Waals surface area contributed by atoms with Gasteiger partial charge in [0.1, 0.15) is 11.6 Å². The highest BCUT2D eigenvalue weighted by molar-refractivity contribution is 7.92. The van der Waals surface area contributed by atoms with Crippen LogP contribution in [0.1, 0.15) is 12.5 Å². The van der Waals surface area contributed by atoms with Crippen molar-refractivity contribution in [1.82, 2.24) is 0 Å². The molecule has 0 amide bonds. The molecule has 0 aromatic heterocycles. The number of halogens is 3. The summed E-state index contributed by atoms with van der Waals surface area (Å²) in [6.07, 6.45) is 0. The Morgan fingerprint density at radius 2 is 1.94 bits per heavy atom. The van der Waals surface area contributed by atoms with Crippen molar-refractivity contribution in [3.63, 3.8) is 0 Å². The molecule has 0 radical (unpaired) electrons. The van der Waals surface area contributed by atoms with Gasteiger partial charge in [0, 0.05) is 11.9 Å². The van der Waals surface area contributed by atoms with Crippen LogP contribution in [-0.4, -0.2) is 20.1 Å². The monoisotopic (exact) mass is 297 g/mol. The lowest BCUT2D eigenvalue weighted by atomic mass is 10.2. The van der Waals surface area contributed by atoms with E-state index in [2.05, 4.69) is 0 Å². The number of nitrogens with one attached hydrogen (secondary N) is 1. The van der Waals surface area contributed by atoms with E-state index in [1.165, 1.54) is 6.92 Å². The summed E-state index contributed by atoms with van der Waals surface area (Å²) in [5, 5.41) is 0. The van der Waals surface area contributed by atoms with Crippen LogP contribution in [0.25, 0.3) is 0 Å². The van der Waals surface area contributed by atoms with E-state index >= 15 is 0 Å². The van der Waals surface area contributed by atoms with Gasteiger partial charge in [-0.3, -0.25) is 4.72 Å². The summed E-state index contributed by atoms with van der Waals surface area (Å²) in [6.45, 7) is 3.05. The number of sulfonamides is 1. The molecule has 0 bridgehead atoms. The quantitative estimate of drug-likeness (QED) is 0.850. The summed E-state index contributed by atoms with van der Waals surface area (Å²) in [5.74, 6) is -1.82. The van der Waals surface area contributed by atoms with E-state index in [9.17, 15) is 17.2 Å². The van der Waals surface area contributed by atoms with Gasteiger partial charge < -0.3 is 0 Å². The van der Waals surface area contributed by atoms with Crippen LogP contribution >= 0.6 is 11.6 Å². The number of rotatable bonds is 5. The smallest absolute Gasteiger partial charge is 0.233 e. The van der Waals surface area contributed by atoms with Gasteiger partial charge in [-0.2, -0.15) is 0 Å². The molecule has 1 aromatic carbocycles. The molecule has 18 heavy (non-hydrogen) atoms. The predicted molar refractivity (Wildman–Crippen MR) is 68.4 cm³/mol. The Morgan fingerprint density at radius 3 is 2.50 bits per heavy atom. The van der Waals surface area contributed by atoms with Gasteiger partial charge in [-0.05, 0) is 24.5 Å². The Hall–Kier alpha value is -0.880. The van der Waals surface area contributed by atoms with E-state index in [1.807, 2.05) is 4.72 Å². The lowest BCUT2D eigenvalue weighted by Crippen LogP contribution is -2.22. The summed E-state index contributed by atoms with van der Waals surface area (Å²) in [7, 11) is -3.74. The average molecular weight is 298 g/mol. The maximum Gasteiger partial charge on any atom is 0.233 e. The molecule has 0 aliphatic heterocycles. The SMILES string of the molecule is Cc1cc(F)c(NS(=O)(=O)CC(C)CCl)cc1F. The number of aryl methyl sites for hydroxylation is 1. The second-order valence-electron chi connectivity index (χ2n) is 4.22. The third-order valence-corrected chi connectivity index (χ3v) is 4.35. The van der Waals surface area contributed by atoms with Gasteiger partial charge >= 0.3 is 0 Å².